The Balaban J connectivity index is 1.51. The Morgan fingerprint density at radius 2 is 2.20 bits per heavy atom. The number of nitrogens with one attached hydrogen (secondary N) is 1. The molecule has 1 aromatic carbocycles. The van der Waals surface area contributed by atoms with Crippen molar-refractivity contribution in [1.29, 1.82) is 0 Å². The quantitative estimate of drug-likeness (QED) is 0.892. The van der Waals surface area contributed by atoms with Gasteiger partial charge in [-0.25, -0.2) is 9.97 Å². The molecule has 1 amide bonds. The zero-order valence-electron chi connectivity index (χ0n) is 14.3. The van der Waals surface area contributed by atoms with Gasteiger partial charge in [0.25, 0.3) is 0 Å². The summed E-state index contributed by atoms with van der Waals surface area (Å²) in [7, 11) is 3.95. The van der Waals surface area contributed by atoms with Gasteiger partial charge >= 0.3 is 0 Å². The van der Waals surface area contributed by atoms with Gasteiger partial charge in [-0.05, 0) is 30.2 Å². The van der Waals surface area contributed by atoms with Crippen LogP contribution in [0.2, 0.25) is 5.02 Å². The normalized spacial score (nSPS) is 18.4. The lowest BCUT2D eigenvalue weighted by Crippen LogP contribution is -2.45. The van der Waals surface area contributed by atoms with Crippen LogP contribution in [0.1, 0.15) is 16.8 Å². The Labute approximate surface area is 151 Å². The zero-order chi connectivity index (χ0) is 17.6. The van der Waals surface area contributed by atoms with E-state index in [2.05, 4.69) is 15.3 Å². The third-order valence-electron chi connectivity index (χ3n) is 4.84. The number of amides is 1. The molecule has 7 heteroatoms. The summed E-state index contributed by atoms with van der Waals surface area (Å²) >= 11 is 6.05. The molecule has 0 fully saturated rings. The summed E-state index contributed by atoms with van der Waals surface area (Å²) in [4.78, 5) is 25.6. The molecular weight excluding hydrogens is 338 g/mol. The minimum absolute atomic E-state index is 0.114. The molecular formula is C18H20ClN5O. The van der Waals surface area contributed by atoms with Crippen molar-refractivity contribution in [1.82, 2.24) is 14.9 Å². The predicted molar refractivity (Wildman–Crippen MR) is 98.0 cm³/mol. The molecule has 0 radical (unpaired) electrons. The number of nitrogens with zero attached hydrogens (tertiary/aromatic N) is 4. The van der Waals surface area contributed by atoms with E-state index in [1.165, 1.54) is 0 Å². The molecule has 0 saturated heterocycles. The SMILES string of the molecule is CN(C)c1ncnc2c1CCN(C(=O)C1Cc3cc(Cl)ccc3N1)C2. The molecule has 0 spiro atoms. The van der Waals surface area contributed by atoms with E-state index in [-0.39, 0.29) is 11.9 Å². The lowest BCUT2D eigenvalue weighted by Gasteiger charge is -2.31. The molecule has 1 atom stereocenters. The Kier molecular flexibility index (Phi) is 4.00. The van der Waals surface area contributed by atoms with Gasteiger partial charge in [0.2, 0.25) is 5.91 Å². The number of benzene rings is 1. The van der Waals surface area contributed by atoms with E-state index in [1.807, 2.05) is 42.1 Å². The second-order valence-electron chi connectivity index (χ2n) is 6.73. The Morgan fingerprint density at radius 3 is 3.00 bits per heavy atom. The molecule has 4 rings (SSSR count). The van der Waals surface area contributed by atoms with Crippen LogP contribution >= 0.6 is 11.6 Å². The molecule has 25 heavy (non-hydrogen) atoms. The van der Waals surface area contributed by atoms with Gasteiger partial charge in [0, 0.05) is 43.3 Å². The van der Waals surface area contributed by atoms with Crippen LogP contribution in [0.15, 0.2) is 24.5 Å². The summed E-state index contributed by atoms with van der Waals surface area (Å²) in [5, 5.41) is 4.02. The molecule has 3 heterocycles. The molecule has 0 saturated carbocycles. The van der Waals surface area contributed by atoms with Crippen LogP contribution in [-0.2, 0) is 24.2 Å². The van der Waals surface area contributed by atoms with Crippen molar-refractivity contribution in [3.63, 3.8) is 0 Å². The van der Waals surface area contributed by atoms with Crippen molar-refractivity contribution in [2.75, 3.05) is 30.9 Å². The lowest BCUT2D eigenvalue weighted by atomic mass is 10.0. The van der Waals surface area contributed by atoms with Crippen molar-refractivity contribution in [3.05, 3.63) is 46.4 Å². The number of halogens is 1. The standard InChI is InChI=1S/C18H20ClN5O/c1-23(2)17-13-5-6-24(9-16(13)20-10-21-17)18(25)15-8-11-7-12(19)3-4-14(11)22-15/h3-4,7,10,15,22H,5-6,8-9H2,1-2H3. The lowest BCUT2D eigenvalue weighted by molar-refractivity contribution is -0.132. The molecule has 6 nitrogen and oxygen atoms in total. The molecule has 1 aromatic heterocycles. The zero-order valence-corrected chi connectivity index (χ0v) is 15.0. The number of carbonyl (C=O) groups is 1. The number of carbonyl (C=O) groups excluding carboxylic acids is 1. The molecule has 0 aliphatic carbocycles. The van der Waals surface area contributed by atoms with E-state index in [4.69, 9.17) is 11.6 Å². The molecule has 2 aliphatic rings. The molecule has 2 aromatic rings. The number of hydrogen-bond acceptors (Lipinski definition) is 5. The van der Waals surface area contributed by atoms with Gasteiger partial charge < -0.3 is 15.1 Å². The number of aromatic nitrogens is 2. The molecule has 1 unspecified atom stereocenters. The van der Waals surface area contributed by atoms with Crippen LogP contribution in [-0.4, -0.2) is 47.5 Å². The number of fused-ring (bicyclic) bond motifs is 2. The van der Waals surface area contributed by atoms with Crippen molar-refractivity contribution in [2.45, 2.75) is 25.4 Å². The van der Waals surface area contributed by atoms with Crippen LogP contribution in [0.3, 0.4) is 0 Å². The third kappa shape index (κ3) is 2.91. The molecule has 130 valence electrons. The fourth-order valence-corrected chi connectivity index (χ4v) is 3.81. The third-order valence-corrected chi connectivity index (χ3v) is 5.07. The fourth-order valence-electron chi connectivity index (χ4n) is 3.61. The highest BCUT2D eigenvalue weighted by Crippen LogP contribution is 2.30. The second kappa shape index (κ2) is 6.19. The highest BCUT2D eigenvalue weighted by molar-refractivity contribution is 6.30. The van der Waals surface area contributed by atoms with Gasteiger partial charge in [0.15, 0.2) is 0 Å². The van der Waals surface area contributed by atoms with E-state index in [0.717, 1.165) is 34.7 Å². The average Bonchev–Trinajstić information content (AvgIpc) is 3.03. The molecule has 1 N–H and O–H groups in total. The van der Waals surface area contributed by atoms with Gasteiger partial charge in [-0.3, -0.25) is 4.79 Å². The number of hydrogen-bond donors (Lipinski definition) is 1. The smallest absolute Gasteiger partial charge is 0.245 e. The first-order chi connectivity index (χ1) is 12.0. The van der Waals surface area contributed by atoms with Gasteiger partial charge in [-0.15, -0.1) is 0 Å². The fraction of sp³-hybridized carbons (Fsp3) is 0.389. The summed E-state index contributed by atoms with van der Waals surface area (Å²) in [6.45, 7) is 1.22. The Hall–Kier alpha value is -2.34. The minimum atomic E-state index is -0.231. The minimum Gasteiger partial charge on any atom is -0.373 e. The first-order valence-electron chi connectivity index (χ1n) is 8.37. The van der Waals surface area contributed by atoms with Crippen LogP contribution in [0, 0.1) is 0 Å². The van der Waals surface area contributed by atoms with Gasteiger partial charge in [-0.2, -0.15) is 0 Å². The van der Waals surface area contributed by atoms with Gasteiger partial charge in [-0.1, -0.05) is 11.6 Å². The van der Waals surface area contributed by atoms with E-state index in [0.29, 0.717) is 24.5 Å². The van der Waals surface area contributed by atoms with E-state index in [9.17, 15) is 4.79 Å². The maximum atomic E-state index is 13.0. The summed E-state index contributed by atoms with van der Waals surface area (Å²) in [6, 6.07) is 5.48. The van der Waals surface area contributed by atoms with Crippen molar-refractivity contribution >= 4 is 29.0 Å². The van der Waals surface area contributed by atoms with Gasteiger partial charge in [0.1, 0.15) is 18.2 Å². The molecule has 0 bridgehead atoms. The van der Waals surface area contributed by atoms with E-state index >= 15 is 0 Å². The number of anilines is 2. The van der Waals surface area contributed by atoms with Crippen LogP contribution in [0.25, 0.3) is 0 Å². The summed E-state index contributed by atoms with van der Waals surface area (Å²) in [6.07, 6.45) is 3.03. The first-order valence-corrected chi connectivity index (χ1v) is 8.74. The highest BCUT2D eigenvalue weighted by atomic mass is 35.5. The Bertz CT molecular complexity index is 838. The van der Waals surface area contributed by atoms with Crippen LogP contribution < -0.4 is 10.2 Å². The van der Waals surface area contributed by atoms with Crippen molar-refractivity contribution < 1.29 is 4.79 Å². The topological polar surface area (TPSA) is 61.4 Å². The Morgan fingerprint density at radius 1 is 1.36 bits per heavy atom. The summed E-state index contributed by atoms with van der Waals surface area (Å²) in [5.74, 6) is 1.06. The van der Waals surface area contributed by atoms with E-state index < -0.39 is 0 Å². The van der Waals surface area contributed by atoms with Gasteiger partial charge in [0.05, 0.1) is 12.2 Å². The predicted octanol–water partition coefficient (Wildman–Crippen LogP) is 2.12. The summed E-state index contributed by atoms with van der Waals surface area (Å²) in [5.41, 5.74) is 4.18. The van der Waals surface area contributed by atoms with Crippen LogP contribution in [0.4, 0.5) is 11.5 Å². The number of rotatable bonds is 2. The van der Waals surface area contributed by atoms with E-state index in [1.54, 1.807) is 6.33 Å². The molecule has 2 aliphatic heterocycles. The maximum absolute atomic E-state index is 13.0. The summed E-state index contributed by atoms with van der Waals surface area (Å²) < 4.78 is 0. The van der Waals surface area contributed by atoms with Crippen molar-refractivity contribution in [2.24, 2.45) is 0 Å². The van der Waals surface area contributed by atoms with Crippen LogP contribution in [0.5, 0.6) is 0 Å². The second-order valence-corrected chi connectivity index (χ2v) is 7.17. The highest BCUT2D eigenvalue weighted by Gasteiger charge is 2.33. The van der Waals surface area contributed by atoms with Crippen molar-refractivity contribution in [3.8, 4) is 0 Å². The maximum Gasteiger partial charge on any atom is 0.245 e. The monoisotopic (exact) mass is 357 g/mol. The first kappa shape index (κ1) is 16.1. The average molecular weight is 358 g/mol. The largest absolute Gasteiger partial charge is 0.373 e.